The molecule has 0 spiro atoms. The van der Waals surface area contributed by atoms with E-state index < -0.39 is 6.10 Å². The van der Waals surface area contributed by atoms with Gasteiger partial charge in [0.15, 0.2) is 6.10 Å². The molecule has 6 heteroatoms. The van der Waals surface area contributed by atoms with Crippen LogP contribution in [0.25, 0.3) is 11.5 Å². The lowest BCUT2D eigenvalue weighted by molar-refractivity contribution is -0.168. The minimum Gasteiger partial charge on any atom is -0.497 e. The quantitative estimate of drug-likeness (QED) is 0.713. The minimum atomic E-state index is -0.538. The van der Waals surface area contributed by atoms with Gasteiger partial charge in [0, 0.05) is 5.56 Å². The van der Waals surface area contributed by atoms with E-state index in [2.05, 4.69) is 10.2 Å². The van der Waals surface area contributed by atoms with E-state index in [1.807, 2.05) is 24.3 Å². The van der Waals surface area contributed by atoms with Gasteiger partial charge in [-0.25, -0.2) is 0 Å². The zero-order chi connectivity index (χ0) is 19.3. The Morgan fingerprint density at radius 3 is 2.29 bits per heavy atom. The number of aromatic nitrogens is 2. The Morgan fingerprint density at radius 1 is 1.04 bits per heavy atom. The van der Waals surface area contributed by atoms with Crippen LogP contribution in [0.1, 0.15) is 51.0 Å². The topological polar surface area (TPSA) is 74.5 Å². The summed E-state index contributed by atoms with van der Waals surface area (Å²) in [7, 11) is 1.62. The number of carbonyl (C=O) groups excluding carboxylic acids is 1. The highest BCUT2D eigenvalue weighted by molar-refractivity contribution is 5.74. The Kier molecular flexibility index (Phi) is 4.37. The summed E-state index contributed by atoms with van der Waals surface area (Å²) in [6.45, 7) is 1.80. The van der Waals surface area contributed by atoms with Gasteiger partial charge in [0.05, 0.1) is 13.0 Å². The van der Waals surface area contributed by atoms with E-state index in [9.17, 15) is 4.79 Å². The first-order valence-electron chi connectivity index (χ1n) is 10.3. The molecule has 0 N–H and O–H groups in total. The molecular formula is C22H26N2O4. The summed E-state index contributed by atoms with van der Waals surface area (Å²) in [6.07, 6.45) is 5.63. The molecule has 6 nitrogen and oxygen atoms in total. The van der Waals surface area contributed by atoms with E-state index in [1.54, 1.807) is 14.0 Å². The molecule has 0 saturated heterocycles. The van der Waals surface area contributed by atoms with Crippen molar-refractivity contribution in [3.05, 3.63) is 30.2 Å². The van der Waals surface area contributed by atoms with Crippen LogP contribution in [-0.2, 0) is 9.53 Å². The highest BCUT2D eigenvalue weighted by atomic mass is 16.6. The molecule has 0 aliphatic heterocycles. The minimum absolute atomic E-state index is 0.0548. The van der Waals surface area contributed by atoms with Crippen LogP contribution in [-0.4, -0.2) is 23.3 Å². The van der Waals surface area contributed by atoms with Crippen LogP contribution in [0, 0.1) is 29.6 Å². The van der Waals surface area contributed by atoms with Gasteiger partial charge in [0.25, 0.3) is 5.89 Å². The van der Waals surface area contributed by atoms with Gasteiger partial charge >= 0.3 is 5.97 Å². The molecule has 1 heterocycles. The van der Waals surface area contributed by atoms with Gasteiger partial charge in [0.1, 0.15) is 5.75 Å². The Hall–Kier alpha value is -2.37. The molecule has 28 heavy (non-hydrogen) atoms. The first-order chi connectivity index (χ1) is 13.6. The number of hydrogen-bond donors (Lipinski definition) is 0. The van der Waals surface area contributed by atoms with Crippen LogP contribution in [0.15, 0.2) is 28.7 Å². The Morgan fingerprint density at radius 2 is 1.68 bits per heavy atom. The van der Waals surface area contributed by atoms with Gasteiger partial charge in [-0.05, 0) is 87.0 Å². The normalized spacial score (nSPS) is 31.6. The van der Waals surface area contributed by atoms with Crippen molar-refractivity contribution in [2.75, 3.05) is 7.11 Å². The average Bonchev–Trinajstić information content (AvgIpc) is 3.17. The Balaban J connectivity index is 1.26. The van der Waals surface area contributed by atoms with Gasteiger partial charge in [0.2, 0.25) is 5.89 Å². The number of carbonyl (C=O) groups is 1. The van der Waals surface area contributed by atoms with E-state index in [4.69, 9.17) is 13.9 Å². The zero-order valence-corrected chi connectivity index (χ0v) is 16.3. The second-order valence-corrected chi connectivity index (χ2v) is 8.71. The third-order valence-corrected chi connectivity index (χ3v) is 6.92. The predicted molar refractivity (Wildman–Crippen MR) is 101 cm³/mol. The van der Waals surface area contributed by atoms with Crippen molar-refractivity contribution >= 4 is 5.97 Å². The van der Waals surface area contributed by atoms with Crippen LogP contribution < -0.4 is 4.74 Å². The van der Waals surface area contributed by atoms with E-state index in [0.717, 1.165) is 23.1 Å². The number of nitrogens with zero attached hydrogens (tertiary/aromatic N) is 2. The molecule has 6 rings (SSSR count). The molecule has 0 amide bonds. The predicted octanol–water partition coefficient (Wildman–Crippen LogP) is 4.42. The fraction of sp³-hybridized carbons (Fsp3) is 0.591. The van der Waals surface area contributed by atoms with Crippen molar-refractivity contribution in [3.8, 4) is 17.2 Å². The Labute approximate surface area is 164 Å². The molecule has 4 bridgehead atoms. The molecule has 1 atom stereocenters. The number of ether oxygens (including phenoxy) is 2. The third kappa shape index (κ3) is 3.09. The molecule has 2 aromatic rings. The Bertz CT molecular complexity index is 832. The summed E-state index contributed by atoms with van der Waals surface area (Å²) in [6, 6.07) is 7.41. The van der Waals surface area contributed by atoms with Gasteiger partial charge < -0.3 is 13.9 Å². The molecule has 4 aliphatic rings. The lowest BCUT2D eigenvalue weighted by Crippen LogP contribution is -2.48. The van der Waals surface area contributed by atoms with E-state index in [-0.39, 0.29) is 11.9 Å². The molecule has 4 aliphatic carbocycles. The first-order valence-corrected chi connectivity index (χ1v) is 10.3. The molecule has 0 unspecified atom stereocenters. The van der Waals surface area contributed by atoms with Crippen molar-refractivity contribution < 1.29 is 18.7 Å². The second kappa shape index (κ2) is 6.90. The number of esters is 1. The summed E-state index contributed by atoms with van der Waals surface area (Å²) in [5, 5.41) is 8.21. The monoisotopic (exact) mass is 382 g/mol. The fourth-order valence-corrected chi connectivity index (χ4v) is 5.86. The van der Waals surface area contributed by atoms with Crippen LogP contribution in [0.2, 0.25) is 0 Å². The molecule has 0 radical (unpaired) electrons. The van der Waals surface area contributed by atoms with E-state index in [0.29, 0.717) is 23.6 Å². The van der Waals surface area contributed by atoms with Crippen molar-refractivity contribution in [3.63, 3.8) is 0 Å². The van der Waals surface area contributed by atoms with Crippen molar-refractivity contribution in [2.24, 2.45) is 29.6 Å². The SMILES string of the molecule is COc1ccc(-c2nnc([C@H](C)OC(=O)C3C4CC5CC(C4)CC3C5)o2)cc1. The smallest absolute Gasteiger partial charge is 0.310 e. The number of methoxy groups -OCH3 is 1. The molecule has 1 aromatic carbocycles. The summed E-state index contributed by atoms with van der Waals surface area (Å²) in [5.41, 5.74) is 0.805. The van der Waals surface area contributed by atoms with Crippen LogP contribution in [0.4, 0.5) is 0 Å². The maximum atomic E-state index is 12.9. The summed E-state index contributed by atoms with van der Waals surface area (Å²) in [4.78, 5) is 12.9. The first kappa shape index (κ1) is 17.7. The van der Waals surface area contributed by atoms with Crippen LogP contribution >= 0.6 is 0 Å². The van der Waals surface area contributed by atoms with Crippen LogP contribution in [0.5, 0.6) is 5.75 Å². The molecule has 1 aromatic heterocycles. The third-order valence-electron chi connectivity index (χ3n) is 6.92. The average molecular weight is 382 g/mol. The lowest BCUT2D eigenvalue weighted by Gasteiger charge is -2.53. The van der Waals surface area contributed by atoms with Gasteiger partial charge in [-0.15, -0.1) is 10.2 Å². The van der Waals surface area contributed by atoms with Gasteiger partial charge in [-0.1, -0.05) is 0 Å². The van der Waals surface area contributed by atoms with Gasteiger partial charge in [-0.2, -0.15) is 0 Å². The summed E-state index contributed by atoms with van der Waals surface area (Å²) >= 11 is 0. The molecular weight excluding hydrogens is 356 g/mol. The summed E-state index contributed by atoms with van der Waals surface area (Å²) < 4.78 is 16.7. The van der Waals surface area contributed by atoms with Crippen molar-refractivity contribution in [2.45, 2.75) is 45.1 Å². The molecule has 4 saturated carbocycles. The maximum Gasteiger partial charge on any atom is 0.310 e. The zero-order valence-electron chi connectivity index (χ0n) is 16.3. The van der Waals surface area contributed by atoms with E-state index >= 15 is 0 Å². The standard InChI is InChI=1S/C22H26N2O4/c1-12(20-23-24-21(28-20)15-3-5-18(26-2)6-4-15)27-22(25)19-16-8-13-7-14(10-16)11-17(19)9-13/h3-6,12-14,16-17,19H,7-11H2,1-2H3/t12-,13?,14?,16?,17?,19?/m0/s1. The maximum absolute atomic E-state index is 12.9. The highest BCUT2D eigenvalue weighted by Gasteiger charge is 2.51. The number of rotatable bonds is 5. The number of hydrogen-bond acceptors (Lipinski definition) is 6. The highest BCUT2D eigenvalue weighted by Crippen LogP contribution is 2.56. The molecule has 4 fully saturated rings. The lowest BCUT2D eigenvalue weighted by atomic mass is 9.52. The molecule has 148 valence electrons. The van der Waals surface area contributed by atoms with Crippen LogP contribution in [0.3, 0.4) is 0 Å². The summed E-state index contributed by atoms with van der Waals surface area (Å²) in [5.74, 6) is 4.19. The van der Waals surface area contributed by atoms with Crippen molar-refractivity contribution in [1.29, 1.82) is 0 Å². The van der Waals surface area contributed by atoms with E-state index in [1.165, 1.54) is 32.1 Å². The fourth-order valence-electron chi connectivity index (χ4n) is 5.86. The van der Waals surface area contributed by atoms with Crippen molar-refractivity contribution in [1.82, 2.24) is 10.2 Å². The van der Waals surface area contributed by atoms with Gasteiger partial charge in [-0.3, -0.25) is 4.79 Å². The number of benzene rings is 1. The largest absolute Gasteiger partial charge is 0.497 e. The second-order valence-electron chi connectivity index (χ2n) is 8.71.